The molecule has 2 aromatic heterocycles. The normalized spacial score (nSPS) is 11.1. The Kier molecular flexibility index (Phi) is 2.78. The molecule has 0 aliphatic heterocycles. The van der Waals surface area contributed by atoms with Crippen molar-refractivity contribution in [2.75, 3.05) is 0 Å². The zero-order valence-electron chi connectivity index (χ0n) is 10.6. The zero-order chi connectivity index (χ0) is 13.6. The van der Waals surface area contributed by atoms with Gasteiger partial charge in [-0.15, -0.1) is 0 Å². The lowest BCUT2D eigenvalue weighted by atomic mass is 10.1. The Morgan fingerprint density at radius 2 is 2.05 bits per heavy atom. The number of hydrogen-bond acceptors (Lipinski definition) is 2. The summed E-state index contributed by atoms with van der Waals surface area (Å²) in [6.07, 6.45) is 5.58. The summed E-state index contributed by atoms with van der Waals surface area (Å²) in [5.74, 6) is -0.000892. The molecule has 0 N–H and O–H groups in total. The number of carbonyl (C=O) groups is 1. The van der Waals surface area contributed by atoms with E-state index in [2.05, 4.69) is 21.0 Å². The fraction of sp³-hybridized carbons (Fsp3) is 0.143. The molecule has 19 heavy (non-hydrogen) atoms. The van der Waals surface area contributed by atoms with Crippen molar-refractivity contribution < 1.29 is 4.79 Å². The van der Waals surface area contributed by atoms with E-state index in [1.54, 1.807) is 22.4 Å². The maximum absolute atomic E-state index is 11.7. The van der Waals surface area contributed by atoms with Crippen molar-refractivity contribution in [3.8, 4) is 11.1 Å². The lowest BCUT2D eigenvalue weighted by Crippen LogP contribution is -2.02. The molecule has 1 aromatic carbocycles. The summed E-state index contributed by atoms with van der Waals surface area (Å²) >= 11 is 3.48. The molecule has 0 atom stereocenters. The molecular formula is C14H12BrN3O. The predicted molar refractivity (Wildman–Crippen MR) is 78.1 cm³/mol. The Bertz CT molecular complexity index is 785. The molecule has 0 saturated heterocycles. The van der Waals surface area contributed by atoms with Gasteiger partial charge in [-0.1, -0.05) is 12.1 Å². The van der Waals surface area contributed by atoms with Crippen LogP contribution in [0.15, 0.2) is 41.3 Å². The summed E-state index contributed by atoms with van der Waals surface area (Å²) in [4.78, 5) is 11.7. The van der Waals surface area contributed by atoms with Gasteiger partial charge in [0.2, 0.25) is 5.91 Å². The first-order valence-electron chi connectivity index (χ1n) is 5.87. The number of hydrogen-bond donors (Lipinski definition) is 0. The molecule has 4 nitrogen and oxygen atoms in total. The minimum absolute atomic E-state index is 0.000892. The van der Waals surface area contributed by atoms with E-state index in [-0.39, 0.29) is 5.91 Å². The molecule has 0 radical (unpaired) electrons. The minimum Gasteiger partial charge on any atom is -0.286 e. The van der Waals surface area contributed by atoms with Gasteiger partial charge in [-0.3, -0.25) is 14.0 Å². The maximum atomic E-state index is 11.7. The predicted octanol–water partition coefficient (Wildman–Crippen LogP) is 3.46. The second kappa shape index (κ2) is 4.35. The molecule has 0 saturated carbocycles. The molecule has 3 aromatic rings. The van der Waals surface area contributed by atoms with E-state index in [0.29, 0.717) is 0 Å². The van der Waals surface area contributed by atoms with E-state index >= 15 is 0 Å². The average Bonchev–Trinajstić information content (AvgIpc) is 2.94. The van der Waals surface area contributed by atoms with Crippen molar-refractivity contribution in [1.82, 2.24) is 14.3 Å². The van der Waals surface area contributed by atoms with E-state index in [0.717, 1.165) is 26.5 Å². The highest BCUT2D eigenvalue weighted by Gasteiger charge is 2.11. The highest BCUT2D eigenvalue weighted by molar-refractivity contribution is 9.10. The highest BCUT2D eigenvalue weighted by atomic mass is 79.9. The fourth-order valence-corrected chi connectivity index (χ4v) is 2.74. The Labute approximate surface area is 118 Å². The van der Waals surface area contributed by atoms with E-state index in [9.17, 15) is 4.79 Å². The second-order valence-corrected chi connectivity index (χ2v) is 5.36. The third-order valence-electron chi connectivity index (χ3n) is 3.13. The summed E-state index contributed by atoms with van der Waals surface area (Å²) in [6, 6.07) is 6.06. The van der Waals surface area contributed by atoms with Crippen LogP contribution in [0.25, 0.3) is 22.0 Å². The van der Waals surface area contributed by atoms with Gasteiger partial charge in [0.05, 0.1) is 11.7 Å². The molecule has 2 heterocycles. The van der Waals surface area contributed by atoms with Crippen molar-refractivity contribution in [2.24, 2.45) is 7.05 Å². The molecule has 0 aliphatic rings. The smallest absolute Gasteiger partial charge is 0.227 e. The zero-order valence-corrected chi connectivity index (χ0v) is 12.2. The number of rotatable bonds is 1. The van der Waals surface area contributed by atoms with Gasteiger partial charge in [-0.25, -0.2) is 0 Å². The van der Waals surface area contributed by atoms with Gasteiger partial charge in [0, 0.05) is 41.8 Å². The van der Waals surface area contributed by atoms with Gasteiger partial charge in [-0.05, 0) is 27.6 Å². The molecule has 5 heteroatoms. The average molecular weight is 318 g/mol. The molecule has 96 valence electrons. The number of aromatic nitrogens is 3. The molecule has 0 unspecified atom stereocenters. The molecule has 3 rings (SSSR count). The summed E-state index contributed by atoms with van der Waals surface area (Å²) in [5, 5.41) is 5.20. The lowest BCUT2D eigenvalue weighted by molar-refractivity contribution is 0.0941. The summed E-state index contributed by atoms with van der Waals surface area (Å²) in [5.41, 5.74) is 2.99. The highest BCUT2D eigenvalue weighted by Crippen LogP contribution is 2.30. The van der Waals surface area contributed by atoms with Crippen molar-refractivity contribution in [3.63, 3.8) is 0 Å². The van der Waals surface area contributed by atoms with E-state index in [1.807, 2.05) is 37.6 Å². The Hall–Kier alpha value is -1.88. The largest absolute Gasteiger partial charge is 0.286 e. The first kappa shape index (κ1) is 12.2. The first-order valence-corrected chi connectivity index (χ1v) is 6.66. The number of aryl methyl sites for hydroxylation is 1. The Morgan fingerprint density at radius 1 is 1.26 bits per heavy atom. The molecule has 0 fully saturated rings. The van der Waals surface area contributed by atoms with Gasteiger partial charge in [0.1, 0.15) is 0 Å². The van der Waals surface area contributed by atoms with Gasteiger partial charge < -0.3 is 0 Å². The number of halogens is 1. The fourth-order valence-electron chi connectivity index (χ4n) is 2.20. The molecular weight excluding hydrogens is 306 g/mol. The monoisotopic (exact) mass is 317 g/mol. The number of carbonyl (C=O) groups excluding carboxylic acids is 1. The summed E-state index contributed by atoms with van der Waals surface area (Å²) < 4.78 is 4.34. The maximum Gasteiger partial charge on any atom is 0.227 e. The lowest BCUT2D eigenvalue weighted by Gasteiger charge is -2.02. The van der Waals surface area contributed by atoms with Gasteiger partial charge >= 0.3 is 0 Å². The van der Waals surface area contributed by atoms with E-state index in [1.165, 1.54) is 0 Å². The molecule has 0 bridgehead atoms. The summed E-state index contributed by atoms with van der Waals surface area (Å²) in [6.45, 7) is 1.56. The van der Waals surface area contributed by atoms with Gasteiger partial charge in [0.25, 0.3) is 0 Å². The van der Waals surface area contributed by atoms with Crippen LogP contribution in [0.1, 0.15) is 11.7 Å². The third-order valence-corrected chi connectivity index (χ3v) is 3.77. The minimum atomic E-state index is -0.000892. The first-order chi connectivity index (χ1) is 9.06. The van der Waals surface area contributed by atoms with Gasteiger partial charge in [0.15, 0.2) is 0 Å². The Balaban J connectivity index is 2.25. The van der Waals surface area contributed by atoms with E-state index in [4.69, 9.17) is 0 Å². The second-order valence-electron chi connectivity index (χ2n) is 4.50. The van der Waals surface area contributed by atoms with Crippen LogP contribution >= 0.6 is 15.9 Å². The number of fused-ring (bicyclic) bond motifs is 1. The van der Waals surface area contributed by atoms with Gasteiger partial charge in [-0.2, -0.15) is 5.10 Å². The van der Waals surface area contributed by atoms with E-state index < -0.39 is 0 Å². The van der Waals surface area contributed by atoms with Crippen LogP contribution < -0.4 is 0 Å². The standard InChI is InChI=1S/C14H12BrN3O/c1-9(19)18-8-13(15)12-4-3-10(5-14(12)18)11-6-16-17(2)7-11/h3-8H,1-2H3. The van der Waals surface area contributed by atoms with Crippen LogP contribution in [0.4, 0.5) is 0 Å². The van der Waals surface area contributed by atoms with Crippen LogP contribution in [0, 0.1) is 0 Å². The third kappa shape index (κ3) is 2.00. The topological polar surface area (TPSA) is 39.8 Å². The molecule has 0 spiro atoms. The number of nitrogens with zero attached hydrogens (tertiary/aromatic N) is 3. The van der Waals surface area contributed by atoms with Crippen molar-refractivity contribution in [3.05, 3.63) is 41.3 Å². The van der Waals surface area contributed by atoms with Crippen LogP contribution in [0.5, 0.6) is 0 Å². The number of benzene rings is 1. The van der Waals surface area contributed by atoms with Crippen molar-refractivity contribution >= 4 is 32.7 Å². The van der Waals surface area contributed by atoms with Crippen LogP contribution in [0.2, 0.25) is 0 Å². The van der Waals surface area contributed by atoms with Crippen molar-refractivity contribution in [1.29, 1.82) is 0 Å². The molecule has 0 amide bonds. The van der Waals surface area contributed by atoms with Crippen LogP contribution in [0.3, 0.4) is 0 Å². The SMILES string of the molecule is CC(=O)n1cc(Br)c2ccc(-c3cnn(C)c3)cc21. The van der Waals surface area contributed by atoms with Crippen LogP contribution in [-0.2, 0) is 7.05 Å². The van der Waals surface area contributed by atoms with Crippen molar-refractivity contribution in [2.45, 2.75) is 6.92 Å². The summed E-state index contributed by atoms with van der Waals surface area (Å²) in [7, 11) is 1.89. The van der Waals surface area contributed by atoms with Crippen LogP contribution in [-0.4, -0.2) is 20.3 Å². The molecule has 0 aliphatic carbocycles. The quantitative estimate of drug-likeness (QED) is 0.689. The Morgan fingerprint density at radius 3 is 2.68 bits per heavy atom.